The molecule has 1 saturated heterocycles. The van der Waals surface area contributed by atoms with Crippen LogP contribution in [0.25, 0.3) is 0 Å². The van der Waals surface area contributed by atoms with Gasteiger partial charge in [-0.25, -0.2) is 4.79 Å². The van der Waals surface area contributed by atoms with Gasteiger partial charge in [0.1, 0.15) is 5.75 Å². The van der Waals surface area contributed by atoms with Gasteiger partial charge in [0.25, 0.3) is 5.91 Å². The van der Waals surface area contributed by atoms with Gasteiger partial charge in [-0.2, -0.15) is 0 Å². The highest BCUT2D eigenvalue weighted by Gasteiger charge is 2.52. The van der Waals surface area contributed by atoms with E-state index in [9.17, 15) is 19.8 Å². The van der Waals surface area contributed by atoms with Gasteiger partial charge in [0.15, 0.2) is 0 Å². The van der Waals surface area contributed by atoms with Crippen LogP contribution in [0.3, 0.4) is 0 Å². The third-order valence-electron chi connectivity index (χ3n) is 4.09. The van der Waals surface area contributed by atoms with Gasteiger partial charge >= 0.3 is 6.09 Å². The minimum absolute atomic E-state index is 0.0287. The first-order chi connectivity index (χ1) is 12.1. The summed E-state index contributed by atoms with van der Waals surface area (Å²) in [5, 5.41) is 30.9. The third-order valence-corrected chi connectivity index (χ3v) is 4.09. The van der Waals surface area contributed by atoms with Crippen LogP contribution in [0.4, 0.5) is 4.79 Å². The number of likely N-dealkylation sites (tertiary alicyclic amines) is 1. The van der Waals surface area contributed by atoms with Crippen molar-refractivity contribution < 1.29 is 29.6 Å². The lowest BCUT2D eigenvalue weighted by atomic mass is 9.91. The number of aromatic hydroxyl groups is 1. The minimum Gasteiger partial charge on any atom is -0.508 e. The Morgan fingerprint density at radius 2 is 1.96 bits per heavy atom. The second-order valence-electron chi connectivity index (χ2n) is 7.48. The van der Waals surface area contributed by atoms with E-state index >= 15 is 0 Å². The second-order valence-corrected chi connectivity index (χ2v) is 7.48. The molecule has 2 unspecified atom stereocenters. The molecule has 2 rings (SSSR count). The number of hydrogen-bond donors (Lipinski definition) is 4. The average Bonchev–Trinajstić information content (AvgIpc) is 2.84. The van der Waals surface area contributed by atoms with E-state index in [1.807, 2.05) is 0 Å². The first-order valence-corrected chi connectivity index (χ1v) is 8.46. The highest BCUT2D eigenvalue weighted by Crippen LogP contribution is 2.38. The minimum atomic E-state index is -1.54. The number of amides is 2. The van der Waals surface area contributed by atoms with E-state index < -0.39 is 35.9 Å². The number of β-amino-alcohol motifs (C(OH)–C–C–N with tert-alkyl or cyclic N) is 1. The first kappa shape index (κ1) is 20.0. The molecule has 2 atom stereocenters. The maximum absolute atomic E-state index is 13.0. The zero-order valence-electron chi connectivity index (χ0n) is 15.2. The van der Waals surface area contributed by atoms with Crippen molar-refractivity contribution in [3.8, 4) is 5.75 Å². The van der Waals surface area contributed by atoms with Crippen molar-refractivity contribution in [3.05, 3.63) is 29.8 Å². The topological polar surface area (TPSA) is 119 Å². The van der Waals surface area contributed by atoms with Crippen LogP contribution in [0.1, 0.15) is 32.8 Å². The monoisotopic (exact) mass is 366 g/mol. The number of rotatable bonds is 5. The quantitative estimate of drug-likeness (QED) is 0.609. The van der Waals surface area contributed by atoms with E-state index in [1.54, 1.807) is 20.8 Å². The van der Waals surface area contributed by atoms with Gasteiger partial charge in [0.05, 0.1) is 12.7 Å². The Balaban J connectivity index is 2.33. The van der Waals surface area contributed by atoms with E-state index in [0.29, 0.717) is 5.56 Å². The van der Waals surface area contributed by atoms with Crippen LogP contribution in [-0.4, -0.2) is 63.6 Å². The summed E-state index contributed by atoms with van der Waals surface area (Å²) in [6.45, 7) is 5.12. The summed E-state index contributed by atoms with van der Waals surface area (Å²) in [5.41, 5.74) is -1.65. The lowest BCUT2D eigenvalue weighted by Gasteiger charge is -2.30. The van der Waals surface area contributed by atoms with Gasteiger partial charge in [-0.05, 0) is 32.9 Å². The number of carbonyl (C=O) groups is 2. The summed E-state index contributed by atoms with van der Waals surface area (Å²) in [6.07, 6.45) is -1.60. The number of nitrogens with zero attached hydrogens (tertiary/aromatic N) is 1. The lowest BCUT2D eigenvalue weighted by Crippen LogP contribution is -2.48. The van der Waals surface area contributed by atoms with Crippen molar-refractivity contribution in [1.29, 1.82) is 0 Å². The Hall–Kier alpha value is -2.32. The number of ether oxygens (including phenoxy) is 1. The van der Waals surface area contributed by atoms with Crippen LogP contribution in [0.2, 0.25) is 0 Å². The second kappa shape index (κ2) is 7.51. The van der Waals surface area contributed by atoms with Crippen LogP contribution in [-0.2, 0) is 15.1 Å². The summed E-state index contributed by atoms with van der Waals surface area (Å²) < 4.78 is 5.59. The molecule has 0 aromatic heterocycles. The van der Waals surface area contributed by atoms with Gasteiger partial charge in [-0.1, -0.05) is 12.1 Å². The molecule has 1 fully saturated rings. The number of phenolic OH excluding ortho intramolecular Hbond substituents is 1. The third kappa shape index (κ3) is 4.44. The standard InChI is InChI=1S/C18H26N2O6/c1-17(2,3)19-16(25)26-18(12-4-6-13(22)7-5-12)8-9-20(15(18)24)10-14(23)11-21/h4-7,14,21-23H,8-11H2,1-3H3,(H,19,25). The fraction of sp³-hybridized carbons (Fsp3) is 0.556. The van der Waals surface area contributed by atoms with E-state index in [1.165, 1.54) is 29.2 Å². The summed E-state index contributed by atoms with van der Waals surface area (Å²) in [4.78, 5) is 26.7. The molecule has 0 saturated carbocycles. The SMILES string of the molecule is CC(C)(C)NC(=O)OC1(c2ccc(O)cc2)CCN(CC(O)CO)C1=O. The van der Waals surface area contributed by atoms with Crippen molar-refractivity contribution in [2.24, 2.45) is 0 Å². The first-order valence-electron chi connectivity index (χ1n) is 8.46. The molecule has 26 heavy (non-hydrogen) atoms. The van der Waals surface area contributed by atoms with E-state index in [0.717, 1.165) is 0 Å². The zero-order chi connectivity index (χ0) is 19.5. The van der Waals surface area contributed by atoms with Crippen LogP contribution >= 0.6 is 0 Å². The van der Waals surface area contributed by atoms with Crippen LogP contribution in [0.15, 0.2) is 24.3 Å². The number of benzene rings is 1. The molecule has 0 bridgehead atoms. The van der Waals surface area contributed by atoms with Gasteiger partial charge in [0, 0.05) is 30.6 Å². The Bertz CT molecular complexity index is 655. The molecule has 1 aliphatic heterocycles. The zero-order valence-corrected chi connectivity index (χ0v) is 15.2. The van der Waals surface area contributed by atoms with E-state index in [-0.39, 0.29) is 25.3 Å². The Labute approximate surface area is 152 Å². The van der Waals surface area contributed by atoms with Gasteiger partial charge in [-0.3, -0.25) is 4.79 Å². The number of hydrogen-bond acceptors (Lipinski definition) is 6. The van der Waals surface area contributed by atoms with Crippen molar-refractivity contribution in [1.82, 2.24) is 10.2 Å². The number of aliphatic hydroxyl groups is 2. The molecule has 8 nitrogen and oxygen atoms in total. The number of aliphatic hydroxyl groups excluding tert-OH is 2. The molecule has 2 amide bonds. The molecule has 4 N–H and O–H groups in total. The Kier molecular flexibility index (Phi) is 5.77. The number of phenols is 1. The fourth-order valence-electron chi connectivity index (χ4n) is 2.88. The van der Waals surface area contributed by atoms with Crippen LogP contribution in [0.5, 0.6) is 5.75 Å². The van der Waals surface area contributed by atoms with Crippen molar-refractivity contribution >= 4 is 12.0 Å². The molecule has 0 spiro atoms. The Morgan fingerprint density at radius 1 is 1.35 bits per heavy atom. The lowest BCUT2D eigenvalue weighted by molar-refractivity contribution is -0.145. The highest BCUT2D eigenvalue weighted by molar-refractivity contribution is 5.91. The molecule has 1 aromatic carbocycles. The number of carbonyl (C=O) groups excluding carboxylic acids is 2. The van der Waals surface area contributed by atoms with E-state index in [4.69, 9.17) is 9.84 Å². The van der Waals surface area contributed by atoms with Crippen molar-refractivity contribution in [3.63, 3.8) is 0 Å². The normalized spacial score (nSPS) is 21.6. The Morgan fingerprint density at radius 3 is 2.50 bits per heavy atom. The van der Waals surface area contributed by atoms with Gasteiger partial charge in [0.2, 0.25) is 5.60 Å². The highest BCUT2D eigenvalue weighted by atomic mass is 16.6. The fourth-order valence-corrected chi connectivity index (χ4v) is 2.88. The van der Waals surface area contributed by atoms with Gasteiger partial charge < -0.3 is 30.3 Å². The molecule has 144 valence electrons. The molecular weight excluding hydrogens is 340 g/mol. The molecular formula is C18H26N2O6. The molecule has 1 aromatic rings. The average molecular weight is 366 g/mol. The summed E-state index contributed by atoms with van der Waals surface area (Å²) >= 11 is 0. The molecule has 1 aliphatic rings. The summed E-state index contributed by atoms with van der Waals surface area (Å²) in [6, 6.07) is 5.90. The summed E-state index contributed by atoms with van der Waals surface area (Å²) in [5.74, 6) is -0.444. The number of nitrogens with one attached hydrogen (secondary N) is 1. The van der Waals surface area contributed by atoms with Gasteiger partial charge in [-0.15, -0.1) is 0 Å². The van der Waals surface area contributed by atoms with Crippen molar-refractivity contribution in [2.75, 3.05) is 19.7 Å². The number of alkyl carbamates (subject to hydrolysis) is 1. The maximum Gasteiger partial charge on any atom is 0.408 e. The molecule has 0 aliphatic carbocycles. The largest absolute Gasteiger partial charge is 0.508 e. The smallest absolute Gasteiger partial charge is 0.408 e. The molecule has 8 heteroatoms. The molecule has 0 radical (unpaired) electrons. The maximum atomic E-state index is 13.0. The molecule has 1 heterocycles. The van der Waals surface area contributed by atoms with Crippen LogP contribution in [0, 0.1) is 0 Å². The van der Waals surface area contributed by atoms with E-state index in [2.05, 4.69) is 5.32 Å². The summed E-state index contributed by atoms with van der Waals surface area (Å²) in [7, 11) is 0. The van der Waals surface area contributed by atoms with Crippen LogP contribution < -0.4 is 5.32 Å². The van der Waals surface area contributed by atoms with Crippen molar-refractivity contribution in [2.45, 2.75) is 44.4 Å². The predicted octanol–water partition coefficient (Wildman–Crippen LogP) is 0.698. The predicted molar refractivity (Wildman–Crippen MR) is 93.4 cm³/mol.